The quantitative estimate of drug-likeness (QED) is 0.335. The third kappa shape index (κ3) is 4.89. The lowest BCUT2D eigenvalue weighted by molar-refractivity contribution is -0.137. The van der Waals surface area contributed by atoms with Gasteiger partial charge in [0.1, 0.15) is 0 Å². The van der Waals surface area contributed by atoms with Gasteiger partial charge in [0.15, 0.2) is 0 Å². The van der Waals surface area contributed by atoms with E-state index in [1.807, 2.05) is 41.7 Å². The van der Waals surface area contributed by atoms with Gasteiger partial charge >= 0.3 is 0 Å². The highest BCUT2D eigenvalue weighted by molar-refractivity contribution is 7.14. The van der Waals surface area contributed by atoms with Crippen molar-refractivity contribution < 1.29 is 9.59 Å². The first kappa shape index (κ1) is 27.5. The maximum Gasteiger partial charge on any atom is 0.261 e. The second kappa shape index (κ2) is 10.8. The van der Waals surface area contributed by atoms with Gasteiger partial charge in [-0.05, 0) is 80.3 Å². The second-order valence-electron chi connectivity index (χ2n) is 12.8. The monoisotopic (exact) mass is 611 g/mol. The van der Waals surface area contributed by atoms with Gasteiger partial charge in [-0.3, -0.25) is 18.9 Å². The molecule has 2 amide bonds. The number of carbonyl (C=O) groups excluding carboxylic acids is 2. The Kier molecular flexibility index (Phi) is 6.78. The van der Waals surface area contributed by atoms with E-state index < -0.39 is 0 Å². The number of hydrogen-bond donors (Lipinski definition) is 2. The van der Waals surface area contributed by atoms with Gasteiger partial charge in [0.2, 0.25) is 23.6 Å². The second-order valence-corrected chi connectivity index (χ2v) is 13.9. The molecule has 2 aliphatic heterocycles. The number of rotatable bonds is 6. The van der Waals surface area contributed by atoms with Crippen molar-refractivity contribution in [3.05, 3.63) is 63.6 Å². The fourth-order valence-corrected chi connectivity index (χ4v) is 8.78. The first-order valence-corrected chi connectivity index (χ1v) is 16.4. The molecule has 11 nitrogen and oxygen atoms in total. The molecule has 1 aromatic carbocycles. The largest absolute Gasteiger partial charge is 0.347 e. The molecule has 44 heavy (non-hydrogen) atoms. The molecule has 8 rings (SSSR count). The van der Waals surface area contributed by atoms with Gasteiger partial charge in [-0.1, -0.05) is 12.1 Å². The third-order valence-electron chi connectivity index (χ3n) is 9.86. The van der Waals surface area contributed by atoms with Gasteiger partial charge < -0.3 is 20.4 Å². The molecule has 4 aliphatic rings. The highest BCUT2D eigenvalue weighted by atomic mass is 32.1. The van der Waals surface area contributed by atoms with Crippen LogP contribution in [-0.2, 0) is 4.79 Å². The maximum absolute atomic E-state index is 13.3. The molecule has 1 saturated carbocycles. The van der Waals surface area contributed by atoms with E-state index in [1.54, 1.807) is 17.5 Å². The van der Waals surface area contributed by atoms with Crippen molar-refractivity contribution in [2.24, 2.45) is 0 Å². The molecule has 0 spiro atoms. The number of carbonyl (C=O) groups is 2. The minimum atomic E-state index is 0.0182. The summed E-state index contributed by atoms with van der Waals surface area (Å²) in [4.78, 5) is 48.1. The minimum Gasteiger partial charge on any atom is -0.347 e. The molecule has 2 saturated heterocycles. The summed E-state index contributed by atoms with van der Waals surface area (Å²) in [7, 11) is 3.85. The van der Waals surface area contributed by atoms with Gasteiger partial charge in [-0.15, -0.1) is 11.3 Å². The fraction of sp³-hybridized carbons (Fsp3) is 0.469. The van der Waals surface area contributed by atoms with Crippen LogP contribution >= 0.6 is 11.3 Å². The molecule has 2 aliphatic carbocycles. The summed E-state index contributed by atoms with van der Waals surface area (Å²) in [5, 5.41) is 6.76. The van der Waals surface area contributed by atoms with Crippen LogP contribution in [0.3, 0.4) is 0 Å². The number of likely N-dealkylation sites (N-methyl/N-ethyl adjacent to an activating group) is 2. The van der Waals surface area contributed by atoms with Crippen molar-refractivity contribution in [1.82, 2.24) is 34.5 Å². The molecule has 2 bridgehead atoms. The van der Waals surface area contributed by atoms with Crippen molar-refractivity contribution in [2.45, 2.75) is 56.0 Å². The van der Waals surface area contributed by atoms with Crippen molar-refractivity contribution in [3.63, 3.8) is 0 Å². The molecule has 3 unspecified atom stereocenters. The van der Waals surface area contributed by atoms with Crippen LogP contribution in [0.25, 0.3) is 5.78 Å². The van der Waals surface area contributed by atoms with Crippen LogP contribution in [0.15, 0.2) is 42.7 Å². The van der Waals surface area contributed by atoms with E-state index in [-0.39, 0.29) is 23.9 Å². The van der Waals surface area contributed by atoms with E-state index in [1.165, 1.54) is 29.7 Å². The van der Waals surface area contributed by atoms with E-state index in [0.717, 1.165) is 42.1 Å². The number of hydrogen-bond acceptors (Lipinski definition) is 9. The topological polar surface area (TPSA) is 111 Å². The Morgan fingerprint density at radius 3 is 2.73 bits per heavy atom. The predicted octanol–water partition coefficient (Wildman–Crippen LogP) is 4.14. The number of aromatic nitrogens is 4. The summed E-state index contributed by atoms with van der Waals surface area (Å²) in [6.07, 6.45) is 9.26. The number of anilines is 3. The van der Waals surface area contributed by atoms with Crippen LogP contribution in [-0.4, -0.2) is 87.3 Å². The SMILES string of the molecule is CN1CC(=O)N(C)C(c2ccc(Nc3nc(N4CCC[C@H](NC(=O)c5cc6c(s5)C5CCC6C5)C4)nc4nccn34)cc2)C1. The van der Waals surface area contributed by atoms with Crippen molar-refractivity contribution in [2.75, 3.05) is 50.5 Å². The van der Waals surface area contributed by atoms with E-state index in [2.05, 4.69) is 43.6 Å². The average molecular weight is 612 g/mol. The van der Waals surface area contributed by atoms with Crippen LogP contribution in [0.2, 0.25) is 0 Å². The third-order valence-corrected chi connectivity index (χ3v) is 11.2. The Morgan fingerprint density at radius 2 is 1.89 bits per heavy atom. The number of imidazole rings is 1. The summed E-state index contributed by atoms with van der Waals surface area (Å²) in [5.41, 5.74) is 3.41. The van der Waals surface area contributed by atoms with Crippen LogP contribution in [0.4, 0.5) is 17.6 Å². The van der Waals surface area contributed by atoms with Crippen LogP contribution in [0, 0.1) is 0 Å². The summed E-state index contributed by atoms with van der Waals surface area (Å²) >= 11 is 1.70. The smallest absolute Gasteiger partial charge is 0.261 e. The van der Waals surface area contributed by atoms with Gasteiger partial charge in [-0.2, -0.15) is 9.97 Å². The number of benzene rings is 1. The molecule has 0 radical (unpaired) electrons. The molecular weight excluding hydrogens is 574 g/mol. The van der Waals surface area contributed by atoms with Crippen LogP contribution < -0.4 is 15.5 Å². The van der Waals surface area contributed by atoms with Gasteiger partial charge in [0.25, 0.3) is 5.91 Å². The van der Waals surface area contributed by atoms with Crippen LogP contribution in [0.1, 0.15) is 75.7 Å². The number of fused-ring (bicyclic) bond motifs is 6. The van der Waals surface area contributed by atoms with E-state index in [9.17, 15) is 9.59 Å². The normalized spacial score (nSPS) is 25.1. The highest BCUT2D eigenvalue weighted by Gasteiger charge is 2.39. The first-order valence-electron chi connectivity index (χ1n) is 15.6. The molecule has 2 N–H and O–H groups in total. The number of nitrogens with zero attached hydrogens (tertiary/aromatic N) is 7. The number of thiophene rings is 1. The zero-order valence-electron chi connectivity index (χ0n) is 25.1. The fourth-order valence-electron chi connectivity index (χ4n) is 7.49. The van der Waals surface area contributed by atoms with Crippen molar-refractivity contribution in [3.8, 4) is 0 Å². The molecule has 12 heteroatoms. The summed E-state index contributed by atoms with van der Waals surface area (Å²) in [5.74, 6) is 3.29. The van der Waals surface area contributed by atoms with Gasteiger partial charge in [0.05, 0.1) is 17.5 Å². The molecule has 4 atom stereocenters. The Morgan fingerprint density at radius 1 is 1.05 bits per heavy atom. The first-order chi connectivity index (χ1) is 21.4. The van der Waals surface area contributed by atoms with Gasteiger partial charge in [-0.25, -0.2) is 4.98 Å². The van der Waals surface area contributed by atoms with Crippen LogP contribution in [0.5, 0.6) is 0 Å². The number of nitrogens with one attached hydrogen (secondary N) is 2. The molecular formula is C32H37N9O2S. The van der Waals surface area contributed by atoms with E-state index in [4.69, 9.17) is 9.97 Å². The lowest BCUT2D eigenvalue weighted by Crippen LogP contribution is -2.48. The van der Waals surface area contributed by atoms with E-state index in [0.29, 0.717) is 42.6 Å². The summed E-state index contributed by atoms with van der Waals surface area (Å²) < 4.78 is 1.84. The number of piperazine rings is 1. The molecule has 5 heterocycles. The lowest BCUT2D eigenvalue weighted by atomic mass is 9.99. The summed E-state index contributed by atoms with van der Waals surface area (Å²) in [6, 6.07) is 10.4. The van der Waals surface area contributed by atoms with E-state index >= 15 is 0 Å². The highest BCUT2D eigenvalue weighted by Crippen LogP contribution is 2.55. The Labute approximate surface area is 260 Å². The van der Waals surface area contributed by atoms with Crippen molar-refractivity contribution >= 4 is 46.5 Å². The number of amides is 2. The molecule has 3 aromatic heterocycles. The van der Waals surface area contributed by atoms with Crippen molar-refractivity contribution in [1.29, 1.82) is 0 Å². The Balaban J connectivity index is 0.976. The molecule has 228 valence electrons. The zero-order valence-corrected chi connectivity index (χ0v) is 25.9. The average Bonchev–Trinajstić information content (AvgIpc) is 3.83. The zero-order chi connectivity index (χ0) is 29.9. The molecule has 3 fully saturated rings. The minimum absolute atomic E-state index is 0.0182. The Bertz CT molecular complexity index is 1710. The lowest BCUT2D eigenvalue weighted by Gasteiger charge is -2.37. The standard InChI is InChI=1S/C32H37N9O2S/c1-38-17-25(39(2)27(42)18-38)19-7-9-22(10-8-19)35-32-37-31(36-30-33-11-13-41(30)32)40-12-3-4-23(16-40)34-29(43)26-15-24-20-5-6-21(14-20)28(24)44-26/h7-11,13,15,20-21,23,25H,3-6,12,14,16-18H2,1-2H3,(H,34,43)(H,33,35,36,37)/t20?,21?,23-,25?/m0/s1. The summed E-state index contributed by atoms with van der Waals surface area (Å²) in [6.45, 7) is 2.71. The maximum atomic E-state index is 13.3. The Hall–Kier alpha value is -4.03. The number of piperidine rings is 1. The van der Waals surface area contributed by atoms with Gasteiger partial charge in [0, 0.05) is 55.7 Å². The molecule has 4 aromatic rings. The predicted molar refractivity (Wildman–Crippen MR) is 170 cm³/mol.